The van der Waals surface area contributed by atoms with Crippen molar-refractivity contribution in [3.8, 4) is 0 Å². The number of thiazole rings is 1. The number of aromatic nitrogens is 1. The Morgan fingerprint density at radius 2 is 2.35 bits per heavy atom. The van der Waals surface area contributed by atoms with Crippen LogP contribution in [0.25, 0.3) is 0 Å². The van der Waals surface area contributed by atoms with Gasteiger partial charge >= 0.3 is 0 Å². The van der Waals surface area contributed by atoms with Gasteiger partial charge in [-0.1, -0.05) is 17.7 Å². The molecule has 0 saturated heterocycles. The standard InChI is InChI=1S/C12H14ClN3S/c1-8-2-3-9(13)6-10(8)11(16-14)7-12-15-4-5-17-12/h2-6,11,16H,7,14H2,1H3. The van der Waals surface area contributed by atoms with Crippen LogP contribution in [0.3, 0.4) is 0 Å². The average molecular weight is 268 g/mol. The van der Waals surface area contributed by atoms with E-state index < -0.39 is 0 Å². The number of hydrogen-bond donors (Lipinski definition) is 2. The maximum absolute atomic E-state index is 6.02. The third-order valence-corrected chi connectivity index (χ3v) is 3.72. The molecule has 0 aliphatic heterocycles. The summed E-state index contributed by atoms with van der Waals surface area (Å²) in [5, 5.41) is 3.76. The van der Waals surface area contributed by atoms with Crippen molar-refractivity contribution in [2.45, 2.75) is 19.4 Å². The highest BCUT2D eigenvalue weighted by Crippen LogP contribution is 2.24. The maximum Gasteiger partial charge on any atom is 0.0944 e. The fraction of sp³-hybridized carbons (Fsp3) is 0.250. The Hall–Kier alpha value is -0.940. The van der Waals surface area contributed by atoms with Gasteiger partial charge in [0, 0.05) is 23.0 Å². The van der Waals surface area contributed by atoms with Gasteiger partial charge in [-0.2, -0.15) is 0 Å². The summed E-state index contributed by atoms with van der Waals surface area (Å²) in [6.45, 7) is 2.05. The van der Waals surface area contributed by atoms with E-state index in [2.05, 4.69) is 17.3 Å². The largest absolute Gasteiger partial charge is 0.271 e. The number of hydrazine groups is 1. The molecule has 3 nitrogen and oxygen atoms in total. The van der Waals surface area contributed by atoms with E-state index in [1.807, 2.05) is 23.6 Å². The van der Waals surface area contributed by atoms with Crippen molar-refractivity contribution >= 4 is 22.9 Å². The number of aryl methyl sites for hydroxylation is 1. The quantitative estimate of drug-likeness (QED) is 0.662. The highest BCUT2D eigenvalue weighted by Gasteiger charge is 2.14. The molecule has 1 unspecified atom stereocenters. The summed E-state index contributed by atoms with van der Waals surface area (Å²) in [7, 11) is 0. The molecule has 0 spiro atoms. The molecule has 3 N–H and O–H groups in total. The number of hydrogen-bond acceptors (Lipinski definition) is 4. The van der Waals surface area contributed by atoms with Gasteiger partial charge in [-0.15, -0.1) is 11.3 Å². The third-order valence-electron chi connectivity index (χ3n) is 2.68. The van der Waals surface area contributed by atoms with Gasteiger partial charge in [0.1, 0.15) is 0 Å². The molecule has 0 fully saturated rings. The van der Waals surface area contributed by atoms with Crippen LogP contribution in [0.1, 0.15) is 22.2 Å². The molecule has 0 aliphatic carbocycles. The number of benzene rings is 1. The Kier molecular flexibility index (Phi) is 4.12. The lowest BCUT2D eigenvalue weighted by atomic mass is 9.99. The Balaban J connectivity index is 2.25. The van der Waals surface area contributed by atoms with Crippen LogP contribution < -0.4 is 11.3 Å². The van der Waals surface area contributed by atoms with E-state index >= 15 is 0 Å². The van der Waals surface area contributed by atoms with Crippen molar-refractivity contribution in [1.29, 1.82) is 0 Å². The molecule has 1 atom stereocenters. The van der Waals surface area contributed by atoms with Crippen molar-refractivity contribution in [1.82, 2.24) is 10.4 Å². The SMILES string of the molecule is Cc1ccc(Cl)cc1C(Cc1nccs1)NN. The van der Waals surface area contributed by atoms with E-state index in [4.69, 9.17) is 17.4 Å². The van der Waals surface area contributed by atoms with Gasteiger partial charge in [-0.3, -0.25) is 11.3 Å². The number of nitrogens with two attached hydrogens (primary N) is 1. The van der Waals surface area contributed by atoms with E-state index in [0.29, 0.717) is 0 Å². The van der Waals surface area contributed by atoms with Crippen LogP contribution in [0.2, 0.25) is 5.02 Å². The minimum Gasteiger partial charge on any atom is -0.271 e. The Morgan fingerprint density at radius 1 is 1.53 bits per heavy atom. The zero-order chi connectivity index (χ0) is 12.3. The molecule has 1 heterocycles. The summed E-state index contributed by atoms with van der Waals surface area (Å²) < 4.78 is 0. The summed E-state index contributed by atoms with van der Waals surface area (Å²) in [5.41, 5.74) is 5.13. The number of rotatable bonds is 4. The van der Waals surface area contributed by atoms with Crippen molar-refractivity contribution in [3.63, 3.8) is 0 Å². The van der Waals surface area contributed by atoms with Crippen molar-refractivity contribution < 1.29 is 0 Å². The Bertz CT molecular complexity index is 485. The fourth-order valence-electron chi connectivity index (χ4n) is 1.77. The molecule has 0 aliphatic rings. The first-order chi connectivity index (χ1) is 8.20. The summed E-state index contributed by atoms with van der Waals surface area (Å²) in [6, 6.07) is 5.89. The van der Waals surface area contributed by atoms with Gasteiger partial charge in [0.05, 0.1) is 11.0 Å². The van der Waals surface area contributed by atoms with Crippen LogP contribution in [0.15, 0.2) is 29.8 Å². The zero-order valence-corrected chi connectivity index (χ0v) is 11.1. The van der Waals surface area contributed by atoms with Crippen LogP contribution in [0.5, 0.6) is 0 Å². The van der Waals surface area contributed by atoms with Crippen LogP contribution in [-0.4, -0.2) is 4.98 Å². The molecule has 2 aromatic rings. The molecule has 1 aromatic carbocycles. The first kappa shape index (κ1) is 12.5. The van der Waals surface area contributed by atoms with Crippen molar-refractivity contribution in [2.24, 2.45) is 5.84 Å². The minimum atomic E-state index is 0.0415. The molecular formula is C12H14ClN3S. The van der Waals surface area contributed by atoms with Crippen LogP contribution in [-0.2, 0) is 6.42 Å². The van der Waals surface area contributed by atoms with Gasteiger partial charge in [-0.25, -0.2) is 4.98 Å². The molecule has 0 saturated carbocycles. The second-order valence-electron chi connectivity index (χ2n) is 3.85. The number of nitrogens with zero attached hydrogens (tertiary/aromatic N) is 1. The van der Waals surface area contributed by atoms with Gasteiger partial charge < -0.3 is 0 Å². The van der Waals surface area contributed by atoms with E-state index in [9.17, 15) is 0 Å². The highest BCUT2D eigenvalue weighted by molar-refractivity contribution is 7.09. The highest BCUT2D eigenvalue weighted by atomic mass is 35.5. The number of halogens is 1. The van der Waals surface area contributed by atoms with E-state index in [-0.39, 0.29) is 6.04 Å². The van der Waals surface area contributed by atoms with Gasteiger partial charge in [0.2, 0.25) is 0 Å². The molecule has 1 aromatic heterocycles. The zero-order valence-electron chi connectivity index (χ0n) is 9.48. The van der Waals surface area contributed by atoms with E-state index in [0.717, 1.165) is 22.0 Å². The maximum atomic E-state index is 6.02. The predicted octanol–water partition coefficient (Wildman–Crippen LogP) is 2.85. The molecule has 0 amide bonds. The molecule has 17 heavy (non-hydrogen) atoms. The predicted molar refractivity (Wildman–Crippen MR) is 72.1 cm³/mol. The molecule has 0 bridgehead atoms. The summed E-state index contributed by atoms with van der Waals surface area (Å²) in [5.74, 6) is 5.62. The molecule has 5 heteroatoms. The summed E-state index contributed by atoms with van der Waals surface area (Å²) >= 11 is 7.65. The van der Waals surface area contributed by atoms with Crippen LogP contribution >= 0.6 is 22.9 Å². The fourth-order valence-corrected chi connectivity index (χ4v) is 2.62. The number of nitrogens with one attached hydrogen (secondary N) is 1. The van der Waals surface area contributed by atoms with Crippen LogP contribution in [0, 0.1) is 6.92 Å². The molecule has 2 rings (SSSR count). The van der Waals surface area contributed by atoms with Gasteiger partial charge in [-0.05, 0) is 30.2 Å². The van der Waals surface area contributed by atoms with Gasteiger partial charge in [0.25, 0.3) is 0 Å². The first-order valence-corrected chi connectivity index (χ1v) is 6.57. The average Bonchev–Trinajstić information content (AvgIpc) is 2.82. The molecular weight excluding hydrogens is 254 g/mol. The topological polar surface area (TPSA) is 50.9 Å². The lowest BCUT2D eigenvalue weighted by Gasteiger charge is -2.17. The molecule has 0 radical (unpaired) electrons. The second-order valence-corrected chi connectivity index (χ2v) is 5.27. The Morgan fingerprint density at radius 3 is 3.00 bits per heavy atom. The van der Waals surface area contributed by atoms with E-state index in [1.165, 1.54) is 5.56 Å². The van der Waals surface area contributed by atoms with Crippen molar-refractivity contribution in [3.05, 3.63) is 50.9 Å². The van der Waals surface area contributed by atoms with E-state index in [1.54, 1.807) is 17.5 Å². The van der Waals surface area contributed by atoms with Crippen LogP contribution in [0.4, 0.5) is 0 Å². The lowest BCUT2D eigenvalue weighted by molar-refractivity contribution is 0.548. The lowest BCUT2D eigenvalue weighted by Crippen LogP contribution is -2.30. The normalized spacial score (nSPS) is 12.6. The summed E-state index contributed by atoms with van der Waals surface area (Å²) in [6.07, 6.45) is 2.58. The van der Waals surface area contributed by atoms with Crippen molar-refractivity contribution in [2.75, 3.05) is 0 Å². The smallest absolute Gasteiger partial charge is 0.0944 e. The first-order valence-electron chi connectivity index (χ1n) is 5.31. The second kappa shape index (κ2) is 5.60. The monoisotopic (exact) mass is 267 g/mol. The minimum absolute atomic E-state index is 0.0415. The summed E-state index contributed by atoms with van der Waals surface area (Å²) in [4.78, 5) is 4.27. The van der Waals surface area contributed by atoms with Gasteiger partial charge in [0.15, 0.2) is 0 Å². The molecule has 90 valence electrons. The third kappa shape index (κ3) is 3.04. The Labute approximate surface area is 110 Å².